The summed E-state index contributed by atoms with van der Waals surface area (Å²) in [6.45, 7) is 3.79. The van der Waals surface area contributed by atoms with Crippen LogP contribution in [0.2, 0.25) is 0 Å². The number of carbonyl (C=O) groups is 1. The molecule has 1 amide bonds. The van der Waals surface area contributed by atoms with Crippen LogP contribution in [0.5, 0.6) is 0 Å². The SMILES string of the molecule is Cc1ccc(-c2ccc(=O)n(CC(=O)NCC3(c4ccccc4)CCOCC3)n2)s1. The fourth-order valence-corrected chi connectivity index (χ4v) is 4.68. The van der Waals surface area contributed by atoms with E-state index in [1.165, 1.54) is 21.2 Å². The summed E-state index contributed by atoms with van der Waals surface area (Å²) in [6, 6.07) is 17.4. The fraction of sp³-hybridized carbons (Fsp3) is 0.348. The first-order valence-electron chi connectivity index (χ1n) is 10.1. The van der Waals surface area contributed by atoms with E-state index in [2.05, 4.69) is 22.5 Å². The van der Waals surface area contributed by atoms with Crippen molar-refractivity contribution in [1.82, 2.24) is 15.1 Å². The molecule has 0 bridgehead atoms. The second-order valence-corrected chi connectivity index (χ2v) is 8.95. The van der Waals surface area contributed by atoms with E-state index in [1.54, 1.807) is 17.4 Å². The molecular formula is C23H25N3O3S. The van der Waals surface area contributed by atoms with Crippen molar-refractivity contribution in [3.8, 4) is 10.6 Å². The Hall–Kier alpha value is -2.77. The number of rotatable bonds is 6. The highest BCUT2D eigenvalue weighted by molar-refractivity contribution is 7.15. The molecule has 2 aromatic heterocycles. The zero-order valence-electron chi connectivity index (χ0n) is 17.0. The zero-order chi connectivity index (χ0) is 21.0. The molecular weight excluding hydrogens is 398 g/mol. The second-order valence-electron chi connectivity index (χ2n) is 7.66. The zero-order valence-corrected chi connectivity index (χ0v) is 17.8. The standard InChI is InChI=1S/C23H25N3O3S/c1-17-7-9-20(30-17)19-8-10-22(28)26(25-19)15-21(27)24-16-23(11-13-29-14-12-23)18-5-3-2-4-6-18/h2-10H,11-16H2,1H3,(H,24,27). The third-order valence-electron chi connectivity index (χ3n) is 5.61. The van der Waals surface area contributed by atoms with E-state index >= 15 is 0 Å². The Morgan fingerprint density at radius 2 is 1.90 bits per heavy atom. The number of hydrogen-bond acceptors (Lipinski definition) is 5. The topological polar surface area (TPSA) is 73.2 Å². The van der Waals surface area contributed by atoms with Crippen LogP contribution in [0.25, 0.3) is 10.6 Å². The van der Waals surface area contributed by atoms with Crippen LogP contribution in [0.3, 0.4) is 0 Å². The van der Waals surface area contributed by atoms with Crippen LogP contribution in [0.4, 0.5) is 0 Å². The van der Waals surface area contributed by atoms with Gasteiger partial charge in [-0.1, -0.05) is 30.3 Å². The minimum absolute atomic E-state index is 0.0988. The van der Waals surface area contributed by atoms with Gasteiger partial charge in [-0.2, -0.15) is 5.10 Å². The third kappa shape index (κ3) is 4.52. The maximum atomic E-state index is 12.7. The van der Waals surface area contributed by atoms with Gasteiger partial charge in [-0.05, 0) is 43.5 Å². The summed E-state index contributed by atoms with van der Waals surface area (Å²) in [7, 11) is 0. The summed E-state index contributed by atoms with van der Waals surface area (Å²) in [5, 5.41) is 7.44. The van der Waals surface area contributed by atoms with Crippen LogP contribution < -0.4 is 10.9 Å². The molecule has 4 rings (SSSR count). The summed E-state index contributed by atoms with van der Waals surface area (Å²) in [5.74, 6) is -0.217. The minimum Gasteiger partial charge on any atom is -0.381 e. The number of nitrogens with zero attached hydrogens (tertiary/aromatic N) is 2. The van der Waals surface area contributed by atoms with E-state index in [1.807, 2.05) is 37.3 Å². The summed E-state index contributed by atoms with van der Waals surface area (Å²) >= 11 is 1.61. The largest absolute Gasteiger partial charge is 0.381 e. The van der Waals surface area contributed by atoms with E-state index in [0.717, 1.165) is 17.7 Å². The van der Waals surface area contributed by atoms with Crippen molar-refractivity contribution in [3.05, 3.63) is 75.4 Å². The molecule has 0 aliphatic carbocycles. The Balaban J connectivity index is 1.47. The summed E-state index contributed by atoms with van der Waals surface area (Å²) in [6.07, 6.45) is 1.70. The van der Waals surface area contributed by atoms with Crippen LogP contribution in [0.1, 0.15) is 23.3 Å². The van der Waals surface area contributed by atoms with Gasteiger partial charge in [-0.3, -0.25) is 9.59 Å². The highest BCUT2D eigenvalue weighted by atomic mass is 32.1. The smallest absolute Gasteiger partial charge is 0.267 e. The van der Waals surface area contributed by atoms with Gasteiger partial charge in [-0.25, -0.2) is 4.68 Å². The quantitative estimate of drug-likeness (QED) is 0.661. The van der Waals surface area contributed by atoms with Crippen LogP contribution in [0.15, 0.2) is 59.4 Å². The lowest BCUT2D eigenvalue weighted by molar-refractivity contribution is -0.122. The number of nitrogens with one attached hydrogen (secondary N) is 1. The molecule has 156 valence electrons. The number of benzene rings is 1. The molecule has 0 saturated carbocycles. The molecule has 1 aliphatic rings. The van der Waals surface area contributed by atoms with Crippen molar-refractivity contribution >= 4 is 17.2 Å². The lowest BCUT2D eigenvalue weighted by atomic mass is 9.74. The number of aromatic nitrogens is 2. The fourth-order valence-electron chi connectivity index (χ4n) is 3.85. The molecule has 0 spiro atoms. The Bertz CT molecular complexity index is 1070. The highest BCUT2D eigenvalue weighted by Gasteiger charge is 2.34. The molecule has 6 nitrogen and oxygen atoms in total. The number of ether oxygens (including phenoxy) is 1. The van der Waals surface area contributed by atoms with Crippen molar-refractivity contribution in [2.45, 2.75) is 31.7 Å². The number of amides is 1. The predicted molar refractivity (Wildman–Crippen MR) is 118 cm³/mol. The Morgan fingerprint density at radius 3 is 2.60 bits per heavy atom. The molecule has 7 heteroatoms. The van der Waals surface area contributed by atoms with Gasteiger partial charge in [0.25, 0.3) is 5.56 Å². The van der Waals surface area contributed by atoms with Crippen molar-refractivity contribution in [3.63, 3.8) is 0 Å². The predicted octanol–water partition coefficient (Wildman–Crippen LogP) is 3.14. The van der Waals surface area contributed by atoms with E-state index in [-0.39, 0.29) is 23.4 Å². The van der Waals surface area contributed by atoms with Crippen LogP contribution in [-0.4, -0.2) is 35.4 Å². The third-order valence-corrected chi connectivity index (χ3v) is 6.64. The molecule has 3 aromatic rings. The average Bonchev–Trinajstić information content (AvgIpc) is 3.21. The summed E-state index contributed by atoms with van der Waals surface area (Å²) < 4.78 is 6.79. The van der Waals surface area contributed by atoms with E-state index in [9.17, 15) is 9.59 Å². The molecule has 1 N–H and O–H groups in total. The van der Waals surface area contributed by atoms with Gasteiger partial charge in [-0.15, -0.1) is 11.3 Å². The number of aryl methyl sites for hydroxylation is 1. The van der Waals surface area contributed by atoms with Gasteiger partial charge in [0.15, 0.2) is 0 Å². The van der Waals surface area contributed by atoms with Gasteiger partial charge < -0.3 is 10.1 Å². The Labute approximate surface area is 179 Å². The minimum atomic E-state index is -0.286. The molecule has 30 heavy (non-hydrogen) atoms. The molecule has 1 fully saturated rings. The maximum Gasteiger partial charge on any atom is 0.267 e. The summed E-state index contributed by atoms with van der Waals surface area (Å²) in [5.41, 5.74) is 1.47. The van der Waals surface area contributed by atoms with E-state index in [4.69, 9.17) is 4.74 Å². The van der Waals surface area contributed by atoms with E-state index in [0.29, 0.717) is 25.5 Å². The lowest BCUT2D eigenvalue weighted by Crippen LogP contribution is -2.46. The molecule has 1 aromatic carbocycles. The number of carbonyl (C=O) groups excluding carboxylic acids is 1. The first-order chi connectivity index (χ1) is 14.6. The maximum absolute atomic E-state index is 12.7. The van der Waals surface area contributed by atoms with Gasteiger partial charge in [0, 0.05) is 36.1 Å². The summed E-state index contributed by atoms with van der Waals surface area (Å²) in [4.78, 5) is 27.1. The molecule has 0 radical (unpaired) electrons. The monoisotopic (exact) mass is 423 g/mol. The first-order valence-corrected chi connectivity index (χ1v) is 10.9. The second kappa shape index (κ2) is 8.93. The first kappa shape index (κ1) is 20.5. The molecule has 0 unspecified atom stereocenters. The Morgan fingerprint density at radius 1 is 1.13 bits per heavy atom. The number of hydrogen-bond donors (Lipinski definition) is 1. The van der Waals surface area contributed by atoms with Crippen molar-refractivity contribution in [1.29, 1.82) is 0 Å². The van der Waals surface area contributed by atoms with Gasteiger partial charge in [0.05, 0.1) is 4.88 Å². The number of thiophene rings is 1. The van der Waals surface area contributed by atoms with Crippen molar-refractivity contribution in [2.75, 3.05) is 19.8 Å². The molecule has 3 heterocycles. The van der Waals surface area contributed by atoms with Crippen LogP contribution in [-0.2, 0) is 21.5 Å². The van der Waals surface area contributed by atoms with Gasteiger partial charge in [0.1, 0.15) is 12.2 Å². The molecule has 1 aliphatic heterocycles. The Kier molecular flexibility index (Phi) is 6.11. The van der Waals surface area contributed by atoms with Crippen molar-refractivity contribution < 1.29 is 9.53 Å². The van der Waals surface area contributed by atoms with Gasteiger partial charge >= 0.3 is 0 Å². The highest BCUT2D eigenvalue weighted by Crippen LogP contribution is 2.34. The van der Waals surface area contributed by atoms with Crippen LogP contribution >= 0.6 is 11.3 Å². The van der Waals surface area contributed by atoms with Crippen LogP contribution in [0, 0.1) is 6.92 Å². The normalized spacial score (nSPS) is 15.6. The van der Waals surface area contributed by atoms with Crippen molar-refractivity contribution in [2.24, 2.45) is 0 Å². The molecule has 0 atom stereocenters. The average molecular weight is 424 g/mol. The molecule has 1 saturated heterocycles. The lowest BCUT2D eigenvalue weighted by Gasteiger charge is -2.38. The van der Waals surface area contributed by atoms with Gasteiger partial charge in [0.2, 0.25) is 5.91 Å². The van der Waals surface area contributed by atoms with E-state index < -0.39 is 0 Å².